The monoisotopic (exact) mass is 1630 g/mol. The maximum absolute atomic E-state index is 14.8. The second-order valence-corrected chi connectivity index (χ2v) is 37.0. The maximum Gasteiger partial charge on any atom is 0.410 e. The van der Waals surface area contributed by atoms with Gasteiger partial charge in [-0.1, -0.05) is 112 Å². The number of aliphatic hydroxyl groups is 1. The SMILES string of the molecule is CC(C)(C)[Si](C)(C)OC[C@@]1(c2ccccc2)C=C(c2cc(F)ccc2F)CN1C(=O)Cl.CN1CC[C@@H](N(C)C(=O)N2CC(c3cc(F)ccc3F)=C[C@@]2(CO)c2ccccc2)[C@H](F)C1.CNC1CCN(C(=O)OCc2ccccc2)CC1F.CN[C@@H]1CCN(C)C[C@H]1F.CN[C@@H]1CCN(C)C[C@H]1F.CN[C@H]1CCN(C)C[C@@H]1F. The van der Waals surface area contributed by atoms with Gasteiger partial charge in [0.2, 0.25) is 0 Å². The van der Waals surface area contributed by atoms with Gasteiger partial charge in [-0.3, -0.25) is 4.79 Å². The average Bonchev–Trinajstić information content (AvgIpc) is 1.61. The van der Waals surface area contributed by atoms with Crippen molar-refractivity contribution in [3.05, 3.63) is 191 Å². The first-order valence-electron chi connectivity index (χ1n) is 38.9. The molecule has 2 unspecified atom stereocenters. The van der Waals surface area contributed by atoms with E-state index < -0.39 is 104 Å². The fraction of sp³-hybridized carbons (Fsp3) is 0.560. The smallest absolute Gasteiger partial charge is 0.410 e. The minimum absolute atomic E-state index is 0.0318. The van der Waals surface area contributed by atoms with Gasteiger partial charge < -0.3 is 74.7 Å². The number of aliphatic hydroxyl groups excluding tert-OH is 1. The molecule has 7 aliphatic heterocycles. The van der Waals surface area contributed by atoms with E-state index in [0.29, 0.717) is 62.3 Å². The summed E-state index contributed by atoms with van der Waals surface area (Å²) < 4.78 is 136. The van der Waals surface area contributed by atoms with Gasteiger partial charge in [-0.15, -0.1) is 0 Å². The molecule has 0 saturated carbocycles. The molecule has 626 valence electrons. The number of nitrogens with one attached hydrogen (secondary N) is 4. The molecule has 113 heavy (non-hydrogen) atoms. The number of carbonyl (C=O) groups is 3. The molecule has 18 nitrogen and oxygen atoms in total. The Kier molecular flexibility index (Phi) is 35.7. The lowest BCUT2D eigenvalue weighted by Crippen LogP contribution is -2.58. The zero-order valence-electron chi connectivity index (χ0n) is 68.0. The van der Waals surface area contributed by atoms with Crippen LogP contribution in [-0.4, -0.2) is 286 Å². The number of piperidine rings is 5. The van der Waals surface area contributed by atoms with Gasteiger partial charge in [0, 0.05) is 94.7 Å². The molecule has 5 aromatic carbocycles. The van der Waals surface area contributed by atoms with Crippen LogP contribution < -0.4 is 21.3 Å². The highest BCUT2D eigenvalue weighted by Crippen LogP contribution is 2.46. The van der Waals surface area contributed by atoms with Gasteiger partial charge in [0.25, 0.3) is 0 Å². The van der Waals surface area contributed by atoms with Crippen LogP contribution in [0.1, 0.15) is 80.7 Å². The lowest BCUT2D eigenvalue weighted by atomic mass is 9.89. The van der Waals surface area contributed by atoms with Crippen molar-refractivity contribution in [3.8, 4) is 0 Å². The fourth-order valence-corrected chi connectivity index (χ4v) is 16.0. The van der Waals surface area contributed by atoms with Crippen LogP contribution >= 0.6 is 11.6 Å². The highest BCUT2D eigenvalue weighted by atomic mass is 35.5. The molecule has 0 radical (unpaired) electrons. The van der Waals surface area contributed by atoms with Crippen LogP contribution in [0.3, 0.4) is 0 Å². The summed E-state index contributed by atoms with van der Waals surface area (Å²) in [4.78, 5) is 51.7. The van der Waals surface area contributed by atoms with Crippen LogP contribution in [0.5, 0.6) is 0 Å². The zero-order chi connectivity index (χ0) is 83.1. The van der Waals surface area contributed by atoms with Crippen LogP contribution in [0.4, 0.5) is 53.9 Å². The molecule has 0 aromatic heterocycles. The molecule has 12 rings (SSSR count). The number of nitrogens with zero attached hydrogens (tertiary/aromatic N) is 8. The number of likely N-dealkylation sites (tertiary alicyclic amines) is 5. The predicted molar refractivity (Wildman–Crippen MR) is 434 cm³/mol. The molecular weight excluding hydrogens is 1510 g/mol. The van der Waals surface area contributed by atoms with Crippen molar-refractivity contribution in [3.63, 3.8) is 0 Å². The van der Waals surface area contributed by atoms with Crippen molar-refractivity contribution in [1.29, 1.82) is 0 Å². The van der Waals surface area contributed by atoms with E-state index in [9.17, 15) is 59.0 Å². The molecule has 7 aliphatic rings. The number of carbonyl (C=O) groups excluding carboxylic acids is 3. The first kappa shape index (κ1) is 93.2. The molecule has 0 bridgehead atoms. The Labute approximate surface area is 669 Å². The van der Waals surface area contributed by atoms with Gasteiger partial charge >= 0.3 is 17.5 Å². The largest absolute Gasteiger partial charge is 0.445 e. The van der Waals surface area contributed by atoms with Gasteiger partial charge in [-0.2, -0.15) is 0 Å². The molecule has 0 spiro atoms. The van der Waals surface area contributed by atoms with Crippen LogP contribution in [0.25, 0.3) is 11.1 Å². The lowest BCUT2D eigenvalue weighted by Gasteiger charge is -2.43. The number of alkyl halides is 5. The topological polar surface area (TPSA) is 164 Å². The van der Waals surface area contributed by atoms with Crippen molar-refractivity contribution in [2.75, 3.05) is 155 Å². The number of hydrogen-bond donors (Lipinski definition) is 5. The predicted octanol–water partition coefficient (Wildman–Crippen LogP) is 13.3. The maximum atomic E-state index is 14.8. The molecule has 5 aromatic rings. The van der Waals surface area contributed by atoms with E-state index in [1.165, 1.54) is 19.6 Å². The minimum Gasteiger partial charge on any atom is -0.445 e. The van der Waals surface area contributed by atoms with Crippen LogP contribution in [0.2, 0.25) is 18.1 Å². The second-order valence-electron chi connectivity index (χ2n) is 31.9. The quantitative estimate of drug-likeness (QED) is 0.0291. The van der Waals surface area contributed by atoms with Gasteiger partial charge in [-0.05, 0) is 214 Å². The Balaban J connectivity index is 0.000000202. The number of ether oxygens (including phenoxy) is 1. The zero-order valence-corrected chi connectivity index (χ0v) is 69.8. The van der Waals surface area contributed by atoms with Gasteiger partial charge in [0.05, 0.1) is 25.8 Å². The first-order valence-corrected chi connectivity index (χ1v) is 42.2. The number of urea groups is 1. The van der Waals surface area contributed by atoms with E-state index in [0.717, 1.165) is 86.4 Å². The highest BCUT2D eigenvalue weighted by molar-refractivity contribution is 6.74. The molecular formula is C84H120ClF9N12O6Si. The summed E-state index contributed by atoms with van der Waals surface area (Å²) in [6.07, 6.45) is 2.51. The molecule has 7 heterocycles. The molecule has 5 saturated heterocycles. The number of amides is 4. The van der Waals surface area contributed by atoms with E-state index in [2.05, 4.69) is 55.1 Å². The summed E-state index contributed by atoms with van der Waals surface area (Å²) in [6, 6.07) is 33.2. The standard InChI is InChI=1S/C25H28F3N3O2.C24H28ClF2NO2Si.C14H19FN2O2.3C7H15FN2/c1-29-11-10-23(22(28)15-29)30(2)24(33)31-14-17(20-12-19(26)8-9-21(20)27)13-25(31,16-32)18-6-4-3-5-7-18;1-23(2,3)31(4,5)30-16-24(18-9-7-6-8-10-18)14-17(15-28(24)22(25)29)20-13-19(26)11-12-21(20)27;1-16-13-7-8-17(9-12(13)15)14(18)19-10-11-5-3-2-4-6-11;3*1-9-7-3-4-10(2)5-6(7)8/h3-9,12-13,22-23,32H,10-11,14-16H2,1-2H3;6-14H,15-16H2,1-5H3;2-6,12-13,16H,7-10H2,1H3;3*6-7,9H,3-5H2,1-2H3/t22-,23-,25-;24-;;3*6-,7-/m11.110/s1. The van der Waals surface area contributed by atoms with E-state index in [1.807, 2.05) is 136 Å². The van der Waals surface area contributed by atoms with E-state index >= 15 is 0 Å². The third kappa shape index (κ3) is 25.3. The van der Waals surface area contributed by atoms with Crippen molar-refractivity contribution in [2.24, 2.45) is 0 Å². The molecule has 12 atom stereocenters. The summed E-state index contributed by atoms with van der Waals surface area (Å²) in [6.45, 7) is 16.8. The third-order valence-corrected chi connectivity index (χ3v) is 27.6. The number of hydrogen-bond acceptors (Lipinski definition) is 14. The van der Waals surface area contributed by atoms with Crippen LogP contribution in [0, 0.1) is 23.3 Å². The number of benzene rings is 5. The number of halogens is 10. The van der Waals surface area contributed by atoms with Crippen molar-refractivity contribution < 1.29 is 68.2 Å². The van der Waals surface area contributed by atoms with Gasteiger partial charge in [0.1, 0.15) is 71.8 Å². The fourth-order valence-electron chi connectivity index (χ4n) is 14.7. The Morgan fingerprint density at radius 2 is 0.920 bits per heavy atom. The number of rotatable bonds is 15. The molecule has 0 aliphatic carbocycles. The second kappa shape index (κ2) is 43.3. The average molecular weight is 1630 g/mol. The van der Waals surface area contributed by atoms with E-state index in [-0.39, 0.29) is 79.7 Å². The Morgan fingerprint density at radius 1 is 0.540 bits per heavy atom. The summed E-state index contributed by atoms with van der Waals surface area (Å²) in [5, 5.41) is 21.7. The molecule has 5 N–H and O–H groups in total. The first-order chi connectivity index (χ1) is 53.5. The Hall–Kier alpha value is -6.93. The highest BCUT2D eigenvalue weighted by Gasteiger charge is 2.50. The third-order valence-electron chi connectivity index (χ3n) is 22.9. The Bertz CT molecular complexity index is 3790. The van der Waals surface area contributed by atoms with Crippen LogP contribution in [0.15, 0.2) is 140 Å². The van der Waals surface area contributed by atoms with Crippen LogP contribution in [-0.2, 0) is 26.8 Å². The van der Waals surface area contributed by atoms with E-state index in [4.69, 9.17) is 20.8 Å². The summed E-state index contributed by atoms with van der Waals surface area (Å²) in [7, 11) is 14.3. The van der Waals surface area contributed by atoms with Gasteiger partial charge in [-0.25, -0.2) is 49.1 Å². The summed E-state index contributed by atoms with van der Waals surface area (Å²) in [5.74, 6) is -2.32. The molecule has 29 heteroatoms. The molecule has 5 fully saturated rings. The summed E-state index contributed by atoms with van der Waals surface area (Å²) >= 11 is 6.02. The van der Waals surface area contributed by atoms with Crippen molar-refractivity contribution >= 4 is 48.6 Å². The van der Waals surface area contributed by atoms with Gasteiger partial charge in [0.15, 0.2) is 8.32 Å². The lowest BCUT2D eigenvalue weighted by molar-refractivity contribution is 0.0417. The normalized spacial score (nSPS) is 26.4. The summed E-state index contributed by atoms with van der Waals surface area (Å²) in [5.41, 5.74) is 1.06. The molecule has 4 amide bonds. The van der Waals surface area contributed by atoms with E-state index in [1.54, 1.807) is 50.5 Å². The minimum atomic E-state index is -2.18. The Morgan fingerprint density at radius 3 is 1.31 bits per heavy atom. The van der Waals surface area contributed by atoms with Crippen molar-refractivity contribution in [2.45, 2.75) is 150 Å². The van der Waals surface area contributed by atoms with Crippen molar-refractivity contribution in [1.82, 2.24) is 60.5 Å².